The van der Waals surface area contributed by atoms with E-state index >= 15 is 0 Å². The molecule has 2 atom stereocenters. The van der Waals surface area contributed by atoms with Crippen molar-refractivity contribution in [3.63, 3.8) is 0 Å². The molecule has 43 heavy (non-hydrogen) atoms. The zero-order valence-electron chi connectivity index (χ0n) is 25.9. The second kappa shape index (κ2) is 12.1. The summed E-state index contributed by atoms with van der Waals surface area (Å²) in [5, 5.41) is 11.7. The lowest BCUT2D eigenvalue weighted by molar-refractivity contribution is 0.171. The molecule has 0 radical (unpaired) electrons. The molecule has 4 rings (SSSR count). The molecule has 0 unspecified atom stereocenters. The molecule has 0 aliphatic rings. The van der Waals surface area contributed by atoms with Crippen molar-refractivity contribution in [1.82, 2.24) is 34.5 Å². The summed E-state index contributed by atoms with van der Waals surface area (Å²) in [7, 11) is -1.79. The summed E-state index contributed by atoms with van der Waals surface area (Å²) in [6.07, 6.45) is 2.71. The highest BCUT2D eigenvalue weighted by Crippen LogP contribution is 2.42. The molecule has 232 valence electrons. The van der Waals surface area contributed by atoms with Crippen molar-refractivity contribution in [2.45, 2.75) is 62.9 Å². The number of hydrogen-bond acceptors (Lipinski definition) is 10. The Hall–Kier alpha value is -3.69. The van der Waals surface area contributed by atoms with Crippen molar-refractivity contribution in [3.05, 3.63) is 60.3 Å². The molecular formula is C28H38FN7O5SSi. The average Bonchev–Trinajstić information content (AvgIpc) is 3.56. The van der Waals surface area contributed by atoms with E-state index in [-0.39, 0.29) is 16.7 Å². The largest absolute Gasteiger partial charge is 0.494 e. The first-order valence-corrected chi connectivity index (χ1v) is 18.2. The van der Waals surface area contributed by atoms with E-state index in [9.17, 15) is 12.8 Å². The van der Waals surface area contributed by atoms with Gasteiger partial charge in [0.1, 0.15) is 34.7 Å². The van der Waals surface area contributed by atoms with Gasteiger partial charge in [0.25, 0.3) is 0 Å². The van der Waals surface area contributed by atoms with Gasteiger partial charge in [0, 0.05) is 13.2 Å². The van der Waals surface area contributed by atoms with Crippen molar-refractivity contribution in [1.29, 1.82) is 0 Å². The lowest BCUT2D eigenvalue weighted by Gasteiger charge is -2.40. The second-order valence-electron chi connectivity index (χ2n) is 11.7. The second-order valence-corrected chi connectivity index (χ2v) is 18.8. The summed E-state index contributed by atoms with van der Waals surface area (Å²) in [6.45, 7) is 11.7. The molecular weight excluding hydrogens is 594 g/mol. The van der Waals surface area contributed by atoms with Gasteiger partial charge in [0.15, 0.2) is 41.4 Å². The molecule has 0 amide bonds. The zero-order valence-corrected chi connectivity index (χ0v) is 27.7. The molecule has 0 N–H and O–H groups in total. The van der Waals surface area contributed by atoms with Crippen LogP contribution in [0.4, 0.5) is 4.39 Å². The molecule has 0 aliphatic carbocycles. The van der Waals surface area contributed by atoms with Crippen molar-refractivity contribution >= 4 is 18.2 Å². The van der Waals surface area contributed by atoms with Crippen LogP contribution in [0.2, 0.25) is 18.1 Å². The highest BCUT2D eigenvalue weighted by Gasteiger charge is 2.44. The summed E-state index contributed by atoms with van der Waals surface area (Å²) in [5.41, 5.74) is 0.894. The van der Waals surface area contributed by atoms with Crippen LogP contribution in [0.1, 0.15) is 45.4 Å². The SMILES string of the molecule is COc1cccc(OC)c1-n1c(CS(=O)(=O)[C@H](C)[C@@H](O[Si](C)(C)C(C)(C)C)c2ncc(F)cn2)nnc1-c1ccn(C)n1. The summed E-state index contributed by atoms with van der Waals surface area (Å²) < 4.78 is 63.2. The maximum absolute atomic E-state index is 14.2. The summed E-state index contributed by atoms with van der Waals surface area (Å²) in [4.78, 5) is 8.23. The third kappa shape index (κ3) is 6.62. The summed E-state index contributed by atoms with van der Waals surface area (Å²) in [5.74, 6) is 0.186. The molecule has 0 bridgehead atoms. The number of hydrogen-bond donors (Lipinski definition) is 0. The van der Waals surface area contributed by atoms with Gasteiger partial charge in [-0.05, 0) is 43.3 Å². The normalized spacial score (nSPS) is 14.0. The van der Waals surface area contributed by atoms with Crippen LogP contribution < -0.4 is 9.47 Å². The van der Waals surface area contributed by atoms with Crippen LogP contribution in [-0.2, 0) is 27.1 Å². The quantitative estimate of drug-likeness (QED) is 0.215. The van der Waals surface area contributed by atoms with Crippen LogP contribution in [-0.4, -0.2) is 70.7 Å². The number of nitrogens with zero attached hydrogens (tertiary/aromatic N) is 7. The standard InChI is InChI=1S/C28H38FN7O5SSi/c1-18(25(26-30-15-19(29)16-31-26)41-43(8,9)28(2,3)4)42(37,38)17-23-32-33-27(20-13-14-35(5)34-20)36(23)24-21(39-6)11-10-12-22(24)40-7/h10-16,18,25H,17H2,1-9H3/t18-,25-/m1/s1. The number of halogens is 1. The molecule has 15 heteroatoms. The first-order valence-electron chi connectivity index (χ1n) is 13.6. The number of methoxy groups -OCH3 is 2. The lowest BCUT2D eigenvalue weighted by Crippen LogP contribution is -2.45. The van der Waals surface area contributed by atoms with Crippen molar-refractivity contribution in [2.24, 2.45) is 7.05 Å². The van der Waals surface area contributed by atoms with E-state index in [1.807, 2.05) is 33.9 Å². The van der Waals surface area contributed by atoms with Gasteiger partial charge in [-0.2, -0.15) is 5.10 Å². The van der Waals surface area contributed by atoms with E-state index in [0.717, 1.165) is 12.4 Å². The van der Waals surface area contributed by atoms with Gasteiger partial charge >= 0.3 is 0 Å². The number of para-hydroxylation sites is 1. The number of aryl methyl sites for hydroxylation is 1. The molecule has 3 aromatic heterocycles. The van der Waals surface area contributed by atoms with Crippen LogP contribution in [0.25, 0.3) is 17.2 Å². The number of benzene rings is 1. The van der Waals surface area contributed by atoms with E-state index < -0.39 is 41.1 Å². The van der Waals surface area contributed by atoms with Gasteiger partial charge in [-0.15, -0.1) is 10.2 Å². The van der Waals surface area contributed by atoms with Gasteiger partial charge < -0.3 is 13.9 Å². The van der Waals surface area contributed by atoms with Gasteiger partial charge in [0.2, 0.25) is 0 Å². The molecule has 1 aromatic carbocycles. The Balaban J connectivity index is 1.84. The van der Waals surface area contributed by atoms with E-state index in [4.69, 9.17) is 13.9 Å². The van der Waals surface area contributed by atoms with E-state index in [2.05, 4.69) is 25.3 Å². The first-order chi connectivity index (χ1) is 20.1. The molecule has 3 heterocycles. The zero-order chi connectivity index (χ0) is 31.7. The molecule has 12 nitrogen and oxygen atoms in total. The minimum atomic E-state index is -4.03. The fraction of sp³-hybridized carbons (Fsp3) is 0.464. The molecule has 0 fully saturated rings. The average molecular weight is 632 g/mol. The minimum absolute atomic E-state index is 0.0874. The highest BCUT2D eigenvalue weighted by atomic mass is 32.2. The van der Waals surface area contributed by atoms with E-state index in [1.54, 1.807) is 53.7 Å². The Morgan fingerprint density at radius 1 is 1.02 bits per heavy atom. The lowest BCUT2D eigenvalue weighted by atomic mass is 10.2. The third-order valence-electron chi connectivity index (χ3n) is 7.74. The smallest absolute Gasteiger partial charge is 0.193 e. The van der Waals surface area contributed by atoms with Crippen LogP contribution in [0.15, 0.2) is 42.9 Å². The molecule has 0 spiro atoms. The van der Waals surface area contributed by atoms with E-state index in [0.29, 0.717) is 28.7 Å². The van der Waals surface area contributed by atoms with Crippen LogP contribution in [0, 0.1) is 5.82 Å². The highest BCUT2D eigenvalue weighted by molar-refractivity contribution is 7.91. The van der Waals surface area contributed by atoms with Crippen LogP contribution in [0.3, 0.4) is 0 Å². The Morgan fingerprint density at radius 2 is 1.63 bits per heavy atom. The third-order valence-corrected chi connectivity index (χ3v) is 14.2. The number of aromatic nitrogens is 7. The maximum atomic E-state index is 14.2. The Morgan fingerprint density at radius 3 is 2.14 bits per heavy atom. The number of rotatable bonds is 11. The van der Waals surface area contributed by atoms with Crippen LogP contribution >= 0.6 is 0 Å². The summed E-state index contributed by atoms with van der Waals surface area (Å²) in [6, 6.07) is 6.97. The van der Waals surface area contributed by atoms with Gasteiger partial charge in [-0.1, -0.05) is 26.8 Å². The Labute approximate surface area is 252 Å². The molecule has 4 aromatic rings. The summed E-state index contributed by atoms with van der Waals surface area (Å²) >= 11 is 0. The van der Waals surface area contributed by atoms with Crippen LogP contribution in [0.5, 0.6) is 11.5 Å². The molecule has 0 aliphatic heterocycles. The predicted octanol–water partition coefficient (Wildman–Crippen LogP) is 4.68. The van der Waals surface area contributed by atoms with E-state index in [1.165, 1.54) is 14.2 Å². The number of sulfone groups is 1. The fourth-order valence-corrected chi connectivity index (χ4v) is 6.98. The van der Waals surface area contributed by atoms with Crippen molar-refractivity contribution < 1.29 is 26.7 Å². The van der Waals surface area contributed by atoms with Crippen molar-refractivity contribution in [3.8, 4) is 28.7 Å². The van der Waals surface area contributed by atoms with Gasteiger partial charge in [-0.3, -0.25) is 9.25 Å². The minimum Gasteiger partial charge on any atom is -0.494 e. The fourth-order valence-electron chi connectivity index (χ4n) is 4.22. The molecule has 0 saturated carbocycles. The predicted molar refractivity (Wildman–Crippen MR) is 162 cm³/mol. The Bertz CT molecular complexity index is 1660. The topological polar surface area (TPSA) is 136 Å². The monoisotopic (exact) mass is 631 g/mol. The first kappa shape index (κ1) is 32.2. The Kier molecular flexibility index (Phi) is 9.09. The van der Waals surface area contributed by atoms with Gasteiger partial charge in [-0.25, -0.2) is 22.8 Å². The molecule has 0 saturated heterocycles. The number of ether oxygens (including phenoxy) is 2. The van der Waals surface area contributed by atoms with Crippen molar-refractivity contribution in [2.75, 3.05) is 14.2 Å². The maximum Gasteiger partial charge on any atom is 0.193 e. The van der Waals surface area contributed by atoms with Gasteiger partial charge in [0.05, 0.1) is 31.9 Å².